The molecule has 0 radical (unpaired) electrons. The third-order valence-electron chi connectivity index (χ3n) is 4.14. The average molecular weight is 384 g/mol. The lowest BCUT2D eigenvalue weighted by Crippen LogP contribution is -2.32. The minimum atomic E-state index is -4.72. The zero-order valence-electron chi connectivity index (χ0n) is 13.7. The molecule has 2 heterocycles. The van der Waals surface area contributed by atoms with Gasteiger partial charge in [-0.2, -0.15) is 13.9 Å². The van der Waals surface area contributed by atoms with E-state index in [4.69, 9.17) is 0 Å². The van der Waals surface area contributed by atoms with E-state index in [0.717, 1.165) is 38.1 Å². The number of piperidine rings is 1. The second kappa shape index (κ2) is 7.50. The molecule has 1 amide bonds. The fraction of sp³-hybridized carbons (Fsp3) is 0.375. The van der Waals surface area contributed by atoms with Gasteiger partial charge >= 0.3 is 5.76 Å². The van der Waals surface area contributed by atoms with Crippen molar-refractivity contribution in [1.29, 1.82) is 0 Å². The number of rotatable bonds is 5. The Labute approximate surface area is 149 Å². The highest BCUT2D eigenvalue weighted by molar-refractivity contribution is 7.91. The van der Waals surface area contributed by atoms with Crippen LogP contribution in [0.5, 0.6) is 0 Å². The Kier molecular flexibility index (Phi) is 5.33. The van der Waals surface area contributed by atoms with Crippen molar-refractivity contribution in [2.75, 3.05) is 18.4 Å². The van der Waals surface area contributed by atoms with E-state index >= 15 is 0 Å². The molecule has 0 spiro atoms. The maximum absolute atomic E-state index is 12.6. The molecule has 1 unspecified atom stereocenters. The van der Waals surface area contributed by atoms with Gasteiger partial charge < -0.3 is 10.6 Å². The molecule has 2 N–H and O–H groups in total. The summed E-state index contributed by atoms with van der Waals surface area (Å²) in [4.78, 5) is 11.8. The van der Waals surface area contributed by atoms with Gasteiger partial charge in [0, 0.05) is 18.4 Å². The third-order valence-corrected chi connectivity index (χ3v) is 5.52. The van der Waals surface area contributed by atoms with Crippen molar-refractivity contribution < 1.29 is 22.0 Å². The minimum absolute atomic E-state index is 0.102. The third kappa shape index (κ3) is 3.91. The van der Waals surface area contributed by atoms with Crippen LogP contribution in [0.4, 0.5) is 14.5 Å². The maximum atomic E-state index is 12.6. The number of sulfone groups is 1. The van der Waals surface area contributed by atoms with Crippen LogP contribution in [0.3, 0.4) is 0 Å². The molecule has 0 saturated carbocycles. The Morgan fingerprint density at radius 2 is 2.15 bits per heavy atom. The molecule has 2 aromatic rings. The number of halogens is 2. The van der Waals surface area contributed by atoms with Crippen LogP contribution in [-0.4, -0.2) is 43.0 Å². The zero-order chi connectivity index (χ0) is 18.7. The molecule has 0 bridgehead atoms. The van der Waals surface area contributed by atoms with Gasteiger partial charge in [0.25, 0.3) is 5.91 Å². The van der Waals surface area contributed by atoms with E-state index in [2.05, 4.69) is 15.7 Å². The van der Waals surface area contributed by atoms with Gasteiger partial charge in [0.1, 0.15) is 0 Å². The quantitative estimate of drug-likeness (QED) is 0.823. The molecule has 10 heteroatoms. The van der Waals surface area contributed by atoms with Crippen LogP contribution in [0.25, 0.3) is 0 Å². The normalized spacial score (nSPS) is 18.0. The lowest BCUT2D eigenvalue weighted by atomic mass is 10.1. The molecule has 1 atom stereocenters. The average Bonchev–Trinajstić information content (AvgIpc) is 3.13. The maximum Gasteiger partial charge on any atom is 0.341 e. The molecule has 140 valence electrons. The molecule has 1 saturated heterocycles. The molecule has 1 aliphatic heterocycles. The Balaban J connectivity index is 1.73. The summed E-state index contributed by atoms with van der Waals surface area (Å²) in [5, 5.41) is 10.0. The van der Waals surface area contributed by atoms with Crippen molar-refractivity contribution in [3.05, 3.63) is 42.2 Å². The van der Waals surface area contributed by atoms with Crippen molar-refractivity contribution in [3.63, 3.8) is 0 Å². The number of aromatic nitrogens is 2. The van der Waals surface area contributed by atoms with E-state index in [9.17, 15) is 22.0 Å². The van der Waals surface area contributed by atoms with Gasteiger partial charge in [0.15, 0.2) is 5.69 Å². The summed E-state index contributed by atoms with van der Waals surface area (Å²) < 4.78 is 50.1. The largest absolute Gasteiger partial charge is 0.341 e. The van der Waals surface area contributed by atoms with Crippen LogP contribution in [-0.2, 0) is 9.84 Å². The summed E-state index contributed by atoms with van der Waals surface area (Å²) in [6, 6.07) is 6.50. The van der Waals surface area contributed by atoms with Crippen molar-refractivity contribution >= 4 is 21.4 Å². The standard InChI is InChI=1S/C16H18F2N4O3S/c17-16(18)26(24,25)13-5-1-3-11(9-13)20-15(23)14-6-8-22(21-14)12-4-2-7-19-10-12/h1,3,5-6,8-9,12,16,19H,2,4,7,10H2,(H,20,23). The summed E-state index contributed by atoms with van der Waals surface area (Å²) in [5.41, 5.74) is 0.267. The topological polar surface area (TPSA) is 93.1 Å². The van der Waals surface area contributed by atoms with Gasteiger partial charge in [-0.05, 0) is 43.7 Å². The molecule has 1 fully saturated rings. The fourth-order valence-corrected chi connectivity index (χ4v) is 3.54. The second-order valence-corrected chi connectivity index (χ2v) is 7.89. The molecule has 1 aromatic carbocycles. The van der Waals surface area contributed by atoms with Gasteiger partial charge in [-0.3, -0.25) is 9.48 Å². The SMILES string of the molecule is O=C(Nc1cccc(S(=O)(=O)C(F)F)c1)c1ccn(C2CCCNC2)n1. The molecule has 1 aromatic heterocycles. The van der Waals surface area contributed by atoms with E-state index in [1.54, 1.807) is 16.9 Å². The lowest BCUT2D eigenvalue weighted by Gasteiger charge is -2.22. The predicted octanol–water partition coefficient (Wildman–Crippen LogP) is 2.06. The van der Waals surface area contributed by atoms with E-state index in [0.29, 0.717) is 0 Å². The highest BCUT2D eigenvalue weighted by atomic mass is 32.2. The summed E-state index contributed by atoms with van der Waals surface area (Å²) in [6.45, 7) is 1.74. The second-order valence-electron chi connectivity index (χ2n) is 5.97. The monoisotopic (exact) mass is 384 g/mol. The highest BCUT2D eigenvalue weighted by Gasteiger charge is 2.27. The van der Waals surface area contributed by atoms with Crippen molar-refractivity contribution in [1.82, 2.24) is 15.1 Å². The zero-order valence-corrected chi connectivity index (χ0v) is 14.5. The fourth-order valence-electron chi connectivity index (χ4n) is 2.77. The molecule has 0 aliphatic carbocycles. The molecule has 1 aliphatic rings. The van der Waals surface area contributed by atoms with E-state index < -0.39 is 26.4 Å². The van der Waals surface area contributed by atoms with Crippen LogP contribution in [0.15, 0.2) is 41.4 Å². The first kappa shape index (κ1) is 18.5. The molecule has 7 nitrogen and oxygen atoms in total. The number of hydrogen-bond acceptors (Lipinski definition) is 5. The summed E-state index contributed by atoms with van der Waals surface area (Å²) in [6.07, 6.45) is 3.70. The number of anilines is 1. The number of nitrogens with zero attached hydrogens (tertiary/aromatic N) is 2. The first-order valence-electron chi connectivity index (χ1n) is 8.07. The Bertz CT molecular complexity index is 892. The van der Waals surface area contributed by atoms with Gasteiger partial charge in [-0.15, -0.1) is 0 Å². The molecular formula is C16H18F2N4O3S. The lowest BCUT2D eigenvalue weighted by molar-refractivity contribution is 0.102. The van der Waals surface area contributed by atoms with Crippen molar-refractivity contribution in [2.45, 2.75) is 29.5 Å². The van der Waals surface area contributed by atoms with Crippen LogP contribution in [0.2, 0.25) is 0 Å². The van der Waals surface area contributed by atoms with Gasteiger partial charge in [-0.25, -0.2) is 8.42 Å². The number of carbonyl (C=O) groups is 1. The van der Waals surface area contributed by atoms with Crippen LogP contribution in [0, 0.1) is 0 Å². The first-order chi connectivity index (χ1) is 12.4. The number of hydrogen-bond donors (Lipinski definition) is 2. The Morgan fingerprint density at radius 1 is 1.35 bits per heavy atom. The van der Waals surface area contributed by atoms with E-state index in [-0.39, 0.29) is 17.4 Å². The number of nitrogens with one attached hydrogen (secondary N) is 2. The highest BCUT2D eigenvalue weighted by Crippen LogP contribution is 2.22. The smallest absolute Gasteiger partial charge is 0.321 e. The predicted molar refractivity (Wildman–Crippen MR) is 91.0 cm³/mol. The Morgan fingerprint density at radius 3 is 2.85 bits per heavy atom. The number of carbonyl (C=O) groups excluding carboxylic acids is 1. The van der Waals surface area contributed by atoms with Gasteiger partial charge in [0.2, 0.25) is 9.84 Å². The van der Waals surface area contributed by atoms with Gasteiger partial charge in [0.05, 0.1) is 10.9 Å². The number of amides is 1. The minimum Gasteiger partial charge on any atom is -0.321 e. The summed E-state index contributed by atoms with van der Waals surface area (Å²) in [7, 11) is -4.72. The molecular weight excluding hydrogens is 366 g/mol. The van der Waals surface area contributed by atoms with Gasteiger partial charge in [-0.1, -0.05) is 6.07 Å². The molecule has 26 heavy (non-hydrogen) atoms. The molecule has 3 rings (SSSR count). The van der Waals surface area contributed by atoms with Crippen molar-refractivity contribution in [2.24, 2.45) is 0 Å². The summed E-state index contributed by atoms with van der Waals surface area (Å²) >= 11 is 0. The number of alkyl halides is 2. The van der Waals surface area contributed by atoms with E-state index in [1.165, 1.54) is 12.1 Å². The van der Waals surface area contributed by atoms with Crippen molar-refractivity contribution in [3.8, 4) is 0 Å². The van der Waals surface area contributed by atoms with Crippen LogP contribution in [0.1, 0.15) is 29.4 Å². The van der Waals surface area contributed by atoms with Crippen LogP contribution < -0.4 is 10.6 Å². The first-order valence-corrected chi connectivity index (χ1v) is 9.62. The van der Waals surface area contributed by atoms with Crippen LogP contribution >= 0.6 is 0 Å². The van der Waals surface area contributed by atoms with E-state index in [1.807, 2.05) is 0 Å². The summed E-state index contributed by atoms with van der Waals surface area (Å²) in [5.74, 6) is -4.06. The number of benzene rings is 1. The Hall–Kier alpha value is -2.33.